The van der Waals surface area contributed by atoms with Crippen LogP contribution in [-0.2, 0) is 0 Å². The molecule has 104 valence electrons. The normalized spacial score (nSPS) is 16.1. The highest BCUT2D eigenvalue weighted by atomic mass is 16.5. The molecule has 0 spiro atoms. The lowest BCUT2D eigenvalue weighted by Crippen LogP contribution is -2.10. The first kappa shape index (κ1) is 12.7. The molecule has 1 aliphatic rings. The summed E-state index contributed by atoms with van der Waals surface area (Å²) in [5.41, 5.74) is 3.22. The van der Waals surface area contributed by atoms with Crippen molar-refractivity contribution in [3.8, 4) is 17.2 Å². The van der Waals surface area contributed by atoms with Gasteiger partial charge in [0.15, 0.2) is 17.7 Å². The number of rotatable bonds is 3. The van der Waals surface area contributed by atoms with E-state index in [1.54, 1.807) is 14.2 Å². The number of hydrogen-bond acceptors (Lipinski definition) is 4. The predicted octanol–water partition coefficient (Wildman–Crippen LogP) is 3.52. The molecule has 4 heteroatoms. The molecule has 1 heterocycles. The first-order valence-corrected chi connectivity index (χ1v) is 6.47. The third kappa shape index (κ3) is 2.13. The smallest absolute Gasteiger partial charge is 0.196 e. The maximum Gasteiger partial charge on any atom is 0.196 e. The molecule has 2 aromatic carbocycles. The summed E-state index contributed by atoms with van der Waals surface area (Å²) in [4.78, 5) is 0. The van der Waals surface area contributed by atoms with Crippen LogP contribution in [0.1, 0.15) is 17.4 Å². The van der Waals surface area contributed by atoms with Crippen LogP contribution in [0, 0.1) is 6.92 Å². The number of aryl methyl sites for hydroxylation is 1. The van der Waals surface area contributed by atoms with E-state index in [9.17, 15) is 0 Å². The van der Waals surface area contributed by atoms with Crippen molar-refractivity contribution in [2.24, 2.45) is 0 Å². The Balaban J connectivity index is 1.89. The Labute approximate surface area is 118 Å². The molecular formula is C16H17NO3. The number of benzene rings is 2. The van der Waals surface area contributed by atoms with E-state index in [-0.39, 0.29) is 6.23 Å². The molecule has 1 N–H and O–H groups in total. The fraction of sp³-hybridized carbons (Fsp3) is 0.250. The molecule has 0 bridgehead atoms. The Morgan fingerprint density at radius 2 is 1.80 bits per heavy atom. The summed E-state index contributed by atoms with van der Waals surface area (Å²) in [7, 11) is 3.25. The number of nitrogens with one attached hydrogen (secondary N) is 1. The standard InChI is InChI=1S/C16H17NO3/c1-10-4-6-13-12(8-10)17-16(20-13)11-5-7-14(18-2)15(9-11)19-3/h4-9,16-17H,1-3H3. The SMILES string of the molecule is COc1ccc(C2Nc3cc(C)ccc3O2)cc1OC. The van der Waals surface area contributed by atoms with Gasteiger partial charge in [0.2, 0.25) is 0 Å². The molecule has 0 saturated heterocycles. The van der Waals surface area contributed by atoms with Gasteiger partial charge in [0.25, 0.3) is 0 Å². The third-order valence-corrected chi connectivity index (χ3v) is 3.38. The van der Waals surface area contributed by atoms with Crippen molar-refractivity contribution in [1.29, 1.82) is 0 Å². The molecule has 2 aromatic rings. The fourth-order valence-electron chi connectivity index (χ4n) is 2.32. The second-order valence-electron chi connectivity index (χ2n) is 4.76. The molecule has 4 nitrogen and oxygen atoms in total. The van der Waals surface area contributed by atoms with Crippen molar-refractivity contribution in [3.63, 3.8) is 0 Å². The topological polar surface area (TPSA) is 39.7 Å². The van der Waals surface area contributed by atoms with Crippen molar-refractivity contribution in [3.05, 3.63) is 47.5 Å². The van der Waals surface area contributed by atoms with E-state index in [2.05, 4.69) is 18.3 Å². The second-order valence-corrected chi connectivity index (χ2v) is 4.76. The monoisotopic (exact) mass is 271 g/mol. The molecule has 1 atom stereocenters. The Morgan fingerprint density at radius 3 is 2.55 bits per heavy atom. The first-order chi connectivity index (χ1) is 9.71. The second kappa shape index (κ2) is 4.96. The van der Waals surface area contributed by atoms with Crippen molar-refractivity contribution in [2.75, 3.05) is 19.5 Å². The number of methoxy groups -OCH3 is 2. The summed E-state index contributed by atoms with van der Waals surface area (Å²) >= 11 is 0. The van der Waals surface area contributed by atoms with Gasteiger partial charge in [-0.1, -0.05) is 6.07 Å². The fourth-order valence-corrected chi connectivity index (χ4v) is 2.32. The molecule has 0 amide bonds. The van der Waals surface area contributed by atoms with Crippen LogP contribution in [0.25, 0.3) is 0 Å². The minimum Gasteiger partial charge on any atom is -0.493 e. The van der Waals surface area contributed by atoms with Crippen LogP contribution in [0.15, 0.2) is 36.4 Å². The van der Waals surface area contributed by atoms with Crippen LogP contribution in [-0.4, -0.2) is 14.2 Å². The van der Waals surface area contributed by atoms with Gasteiger partial charge in [-0.15, -0.1) is 0 Å². The summed E-state index contributed by atoms with van der Waals surface area (Å²) in [5.74, 6) is 2.28. The summed E-state index contributed by atoms with van der Waals surface area (Å²) in [6, 6.07) is 11.9. The van der Waals surface area contributed by atoms with Gasteiger partial charge in [0, 0.05) is 5.56 Å². The Bertz CT molecular complexity index is 640. The predicted molar refractivity (Wildman–Crippen MR) is 77.7 cm³/mol. The Morgan fingerprint density at radius 1 is 1.00 bits per heavy atom. The van der Waals surface area contributed by atoms with E-state index in [0.29, 0.717) is 11.5 Å². The van der Waals surface area contributed by atoms with Gasteiger partial charge in [-0.2, -0.15) is 0 Å². The molecule has 0 saturated carbocycles. The molecule has 0 radical (unpaired) electrons. The lowest BCUT2D eigenvalue weighted by atomic mass is 10.1. The maximum absolute atomic E-state index is 5.91. The Hall–Kier alpha value is -2.36. The van der Waals surface area contributed by atoms with Gasteiger partial charge in [0.05, 0.1) is 19.9 Å². The highest BCUT2D eigenvalue weighted by Gasteiger charge is 2.24. The number of fused-ring (bicyclic) bond motifs is 1. The lowest BCUT2D eigenvalue weighted by Gasteiger charge is -2.14. The summed E-state index contributed by atoms with van der Waals surface area (Å²) in [6.45, 7) is 2.06. The average Bonchev–Trinajstić information content (AvgIpc) is 2.89. The van der Waals surface area contributed by atoms with E-state index < -0.39 is 0 Å². The van der Waals surface area contributed by atoms with Crippen LogP contribution in [0.5, 0.6) is 17.2 Å². The van der Waals surface area contributed by atoms with Crippen LogP contribution < -0.4 is 19.5 Å². The minimum absolute atomic E-state index is 0.202. The van der Waals surface area contributed by atoms with E-state index >= 15 is 0 Å². The zero-order valence-electron chi connectivity index (χ0n) is 11.8. The Kier molecular flexibility index (Phi) is 3.14. The van der Waals surface area contributed by atoms with Crippen LogP contribution in [0.4, 0.5) is 5.69 Å². The third-order valence-electron chi connectivity index (χ3n) is 3.38. The molecule has 0 aromatic heterocycles. The van der Waals surface area contributed by atoms with Gasteiger partial charge in [-0.05, 0) is 42.8 Å². The van der Waals surface area contributed by atoms with Crippen LogP contribution in [0.3, 0.4) is 0 Å². The van der Waals surface area contributed by atoms with Crippen LogP contribution in [0.2, 0.25) is 0 Å². The molecule has 3 rings (SSSR count). The number of hydrogen-bond donors (Lipinski definition) is 1. The van der Waals surface area contributed by atoms with Gasteiger partial charge < -0.3 is 19.5 Å². The summed E-state index contributed by atoms with van der Waals surface area (Å²) in [5, 5.41) is 3.36. The van der Waals surface area contributed by atoms with Gasteiger partial charge >= 0.3 is 0 Å². The van der Waals surface area contributed by atoms with E-state index in [0.717, 1.165) is 17.0 Å². The highest BCUT2D eigenvalue weighted by Crippen LogP contribution is 2.40. The highest BCUT2D eigenvalue weighted by molar-refractivity contribution is 5.62. The van der Waals surface area contributed by atoms with E-state index in [1.165, 1.54) is 5.56 Å². The number of anilines is 1. The average molecular weight is 271 g/mol. The molecular weight excluding hydrogens is 254 g/mol. The van der Waals surface area contributed by atoms with Crippen molar-refractivity contribution in [2.45, 2.75) is 13.2 Å². The molecule has 0 fully saturated rings. The van der Waals surface area contributed by atoms with E-state index in [1.807, 2.05) is 30.3 Å². The van der Waals surface area contributed by atoms with Gasteiger partial charge in [0.1, 0.15) is 5.75 Å². The quantitative estimate of drug-likeness (QED) is 0.927. The molecule has 1 aliphatic heterocycles. The van der Waals surface area contributed by atoms with Gasteiger partial charge in [-0.3, -0.25) is 0 Å². The minimum atomic E-state index is -0.202. The molecule has 20 heavy (non-hydrogen) atoms. The van der Waals surface area contributed by atoms with E-state index in [4.69, 9.17) is 14.2 Å². The lowest BCUT2D eigenvalue weighted by molar-refractivity contribution is 0.258. The first-order valence-electron chi connectivity index (χ1n) is 6.47. The summed E-state index contributed by atoms with van der Waals surface area (Å²) < 4.78 is 16.5. The van der Waals surface area contributed by atoms with Crippen LogP contribution >= 0.6 is 0 Å². The number of ether oxygens (including phenoxy) is 3. The summed E-state index contributed by atoms with van der Waals surface area (Å²) in [6.07, 6.45) is -0.202. The maximum atomic E-state index is 5.91. The molecule has 0 aliphatic carbocycles. The van der Waals surface area contributed by atoms with Gasteiger partial charge in [-0.25, -0.2) is 0 Å². The van der Waals surface area contributed by atoms with Crippen molar-refractivity contribution in [1.82, 2.24) is 0 Å². The molecule has 1 unspecified atom stereocenters. The zero-order valence-corrected chi connectivity index (χ0v) is 11.8. The van der Waals surface area contributed by atoms with Crippen molar-refractivity contribution >= 4 is 5.69 Å². The van der Waals surface area contributed by atoms with Crippen molar-refractivity contribution < 1.29 is 14.2 Å². The zero-order chi connectivity index (χ0) is 14.1. The largest absolute Gasteiger partial charge is 0.493 e.